The molecule has 0 aromatic heterocycles. The minimum atomic E-state index is -1.70. The van der Waals surface area contributed by atoms with Gasteiger partial charge in [-0.3, -0.25) is 24.0 Å². The van der Waals surface area contributed by atoms with E-state index in [1.807, 2.05) is 0 Å². The summed E-state index contributed by atoms with van der Waals surface area (Å²) >= 11 is 3.27. The first-order chi connectivity index (χ1) is 14.0. The van der Waals surface area contributed by atoms with E-state index in [1.54, 1.807) is 24.3 Å². The first-order valence-corrected chi connectivity index (χ1v) is 9.50. The van der Waals surface area contributed by atoms with E-state index in [4.69, 9.17) is 18.9 Å². The largest absolute Gasteiger partial charge is 0.462 e. The number of anilines is 1. The maximum atomic E-state index is 12.8. The minimum absolute atomic E-state index is 0.367. The highest BCUT2D eigenvalue weighted by Gasteiger charge is 2.42. The van der Waals surface area contributed by atoms with Crippen LogP contribution >= 0.6 is 15.9 Å². The Hall–Kier alpha value is -2.95. The molecule has 11 heteroatoms. The number of esters is 4. The second kappa shape index (κ2) is 11.9. The molecule has 3 atom stereocenters. The predicted molar refractivity (Wildman–Crippen MR) is 106 cm³/mol. The van der Waals surface area contributed by atoms with Crippen LogP contribution in [0.2, 0.25) is 0 Å². The summed E-state index contributed by atoms with van der Waals surface area (Å²) in [6.07, 6.45) is -4.68. The van der Waals surface area contributed by atoms with Crippen LogP contribution in [0.4, 0.5) is 5.69 Å². The summed E-state index contributed by atoms with van der Waals surface area (Å²) in [7, 11) is 0. The van der Waals surface area contributed by atoms with Crippen LogP contribution in [0.3, 0.4) is 0 Å². The van der Waals surface area contributed by atoms with E-state index in [1.165, 1.54) is 0 Å². The van der Waals surface area contributed by atoms with Crippen LogP contribution in [-0.4, -0.2) is 54.7 Å². The van der Waals surface area contributed by atoms with E-state index >= 15 is 0 Å². The van der Waals surface area contributed by atoms with Crippen LogP contribution in [0.1, 0.15) is 27.7 Å². The summed E-state index contributed by atoms with van der Waals surface area (Å²) in [6.45, 7) is 3.78. The SMILES string of the molecule is CC(=O)OC[C@@H](OC(C)=O)[C@H](OC(C)=O)[C@H](OC(C)=O)C(=O)Nc1ccc(Br)cc1. The Morgan fingerprint density at radius 3 is 1.83 bits per heavy atom. The van der Waals surface area contributed by atoms with E-state index < -0.39 is 54.7 Å². The summed E-state index contributed by atoms with van der Waals surface area (Å²) in [5.41, 5.74) is 0.367. The molecule has 0 aliphatic rings. The Bertz CT molecular complexity index is 794. The molecule has 1 amide bonds. The van der Waals surface area contributed by atoms with Crippen molar-refractivity contribution in [1.29, 1.82) is 0 Å². The molecule has 1 N–H and O–H groups in total. The van der Waals surface area contributed by atoms with Gasteiger partial charge in [0, 0.05) is 37.9 Å². The zero-order valence-corrected chi connectivity index (χ0v) is 18.4. The van der Waals surface area contributed by atoms with Gasteiger partial charge in [0.05, 0.1) is 0 Å². The normalized spacial score (nSPS) is 13.2. The van der Waals surface area contributed by atoms with Crippen LogP contribution < -0.4 is 5.32 Å². The molecule has 0 heterocycles. The van der Waals surface area contributed by atoms with Gasteiger partial charge in [-0.1, -0.05) is 15.9 Å². The van der Waals surface area contributed by atoms with Gasteiger partial charge in [0.1, 0.15) is 6.61 Å². The number of rotatable bonds is 9. The lowest BCUT2D eigenvalue weighted by Crippen LogP contribution is -2.52. The molecular weight excluding hydrogens is 466 g/mol. The average molecular weight is 488 g/mol. The van der Waals surface area contributed by atoms with Crippen LogP contribution in [0.5, 0.6) is 0 Å². The van der Waals surface area contributed by atoms with Crippen molar-refractivity contribution in [1.82, 2.24) is 0 Å². The summed E-state index contributed by atoms with van der Waals surface area (Å²) in [4.78, 5) is 58.8. The van der Waals surface area contributed by atoms with Crippen molar-refractivity contribution in [3.05, 3.63) is 28.7 Å². The van der Waals surface area contributed by atoms with Gasteiger partial charge in [0.2, 0.25) is 6.10 Å². The van der Waals surface area contributed by atoms with Gasteiger partial charge in [0.25, 0.3) is 5.91 Å². The molecule has 0 spiro atoms. The number of amides is 1. The molecule has 0 radical (unpaired) electrons. The Labute approximate surface area is 181 Å². The van der Waals surface area contributed by atoms with Gasteiger partial charge < -0.3 is 24.3 Å². The summed E-state index contributed by atoms with van der Waals surface area (Å²) in [5.74, 6) is -4.03. The molecule has 0 saturated heterocycles. The maximum absolute atomic E-state index is 12.8. The Kier molecular flexibility index (Phi) is 9.96. The van der Waals surface area contributed by atoms with Crippen molar-refractivity contribution in [3.8, 4) is 0 Å². The van der Waals surface area contributed by atoms with Crippen LogP contribution in [0, 0.1) is 0 Å². The molecule has 0 unspecified atom stereocenters. The third-order valence-corrected chi connectivity index (χ3v) is 3.93. The van der Waals surface area contributed by atoms with Crippen LogP contribution in [-0.2, 0) is 42.9 Å². The van der Waals surface area contributed by atoms with Crippen LogP contribution in [0.15, 0.2) is 28.7 Å². The fourth-order valence-electron chi connectivity index (χ4n) is 2.33. The van der Waals surface area contributed by atoms with Crippen molar-refractivity contribution >= 4 is 51.4 Å². The Balaban J connectivity index is 3.25. The molecule has 0 bridgehead atoms. The fraction of sp³-hybridized carbons (Fsp3) is 0.421. The highest BCUT2D eigenvalue weighted by molar-refractivity contribution is 9.10. The number of benzene rings is 1. The fourth-order valence-corrected chi connectivity index (χ4v) is 2.59. The van der Waals surface area contributed by atoms with Gasteiger partial charge in [-0.05, 0) is 24.3 Å². The van der Waals surface area contributed by atoms with E-state index in [0.717, 1.165) is 32.2 Å². The number of nitrogens with one attached hydrogen (secondary N) is 1. The molecule has 0 saturated carbocycles. The number of hydrogen-bond donors (Lipinski definition) is 1. The van der Waals surface area contributed by atoms with E-state index in [2.05, 4.69) is 21.2 Å². The van der Waals surface area contributed by atoms with Gasteiger partial charge in [-0.15, -0.1) is 0 Å². The van der Waals surface area contributed by atoms with E-state index in [9.17, 15) is 24.0 Å². The highest BCUT2D eigenvalue weighted by atomic mass is 79.9. The van der Waals surface area contributed by atoms with Gasteiger partial charge in [-0.25, -0.2) is 0 Å². The second-order valence-electron chi connectivity index (χ2n) is 6.05. The van der Waals surface area contributed by atoms with Crippen LogP contribution in [0.25, 0.3) is 0 Å². The number of carbonyl (C=O) groups excluding carboxylic acids is 5. The van der Waals surface area contributed by atoms with Crippen molar-refractivity contribution in [2.75, 3.05) is 11.9 Å². The first-order valence-electron chi connectivity index (χ1n) is 8.71. The Morgan fingerprint density at radius 1 is 0.833 bits per heavy atom. The highest BCUT2D eigenvalue weighted by Crippen LogP contribution is 2.19. The smallest absolute Gasteiger partial charge is 0.303 e. The lowest BCUT2D eigenvalue weighted by molar-refractivity contribution is -0.190. The molecular formula is C19H22BrNO9. The van der Waals surface area contributed by atoms with Gasteiger partial charge in [0.15, 0.2) is 12.2 Å². The number of hydrogen-bond acceptors (Lipinski definition) is 9. The van der Waals surface area contributed by atoms with E-state index in [-0.39, 0.29) is 0 Å². The third-order valence-electron chi connectivity index (χ3n) is 3.40. The monoisotopic (exact) mass is 487 g/mol. The number of carbonyl (C=O) groups is 5. The minimum Gasteiger partial charge on any atom is -0.462 e. The topological polar surface area (TPSA) is 134 Å². The quantitative estimate of drug-likeness (QED) is 0.408. The molecule has 0 fully saturated rings. The molecule has 1 aromatic carbocycles. The van der Waals surface area contributed by atoms with Gasteiger partial charge >= 0.3 is 23.9 Å². The zero-order chi connectivity index (χ0) is 22.8. The standard InChI is InChI=1S/C19H22BrNO9/c1-10(22)27-9-16(28-11(2)23)17(29-12(3)24)18(30-13(4)25)19(26)21-15-7-5-14(20)6-8-15/h5-8,16-18H,9H2,1-4H3,(H,21,26)/t16-,17+,18+/m1/s1. The molecule has 0 aliphatic heterocycles. The second-order valence-corrected chi connectivity index (χ2v) is 6.97. The van der Waals surface area contributed by atoms with Gasteiger partial charge in [-0.2, -0.15) is 0 Å². The van der Waals surface area contributed by atoms with E-state index in [0.29, 0.717) is 5.69 Å². The van der Waals surface area contributed by atoms with Crippen molar-refractivity contribution in [2.45, 2.75) is 46.0 Å². The third kappa shape index (κ3) is 9.03. The number of ether oxygens (including phenoxy) is 4. The van der Waals surface area contributed by atoms with Crippen molar-refractivity contribution < 1.29 is 42.9 Å². The first kappa shape index (κ1) is 25.1. The van der Waals surface area contributed by atoms with Crippen molar-refractivity contribution in [3.63, 3.8) is 0 Å². The predicted octanol–water partition coefficient (Wildman–Crippen LogP) is 1.75. The maximum Gasteiger partial charge on any atom is 0.303 e. The molecule has 1 aromatic rings. The number of halogens is 1. The molecule has 10 nitrogen and oxygen atoms in total. The van der Waals surface area contributed by atoms with Crippen molar-refractivity contribution in [2.24, 2.45) is 0 Å². The molecule has 30 heavy (non-hydrogen) atoms. The average Bonchev–Trinajstić information content (AvgIpc) is 2.62. The summed E-state index contributed by atoms with van der Waals surface area (Å²) in [5, 5.41) is 2.52. The zero-order valence-electron chi connectivity index (χ0n) is 16.8. The summed E-state index contributed by atoms with van der Waals surface area (Å²) in [6, 6.07) is 6.50. The molecule has 1 rings (SSSR count). The lowest BCUT2D eigenvalue weighted by Gasteiger charge is -2.30. The lowest BCUT2D eigenvalue weighted by atomic mass is 10.1. The molecule has 164 valence electrons. The Morgan fingerprint density at radius 2 is 1.37 bits per heavy atom. The molecule has 0 aliphatic carbocycles. The summed E-state index contributed by atoms with van der Waals surface area (Å²) < 4.78 is 20.9.